The quantitative estimate of drug-likeness (QED) is 0.810. The van der Waals surface area contributed by atoms with Gasteiger partial charge in [-0.2, -0.15) is 0 Å². The number of halogens is 1. The molecular weight excluding hydrogens is 388 g/mol. The molecule has 0 spiro atoms. The number of ether oxygens (including phenoxy) is 1. The van der Waals surface area contributed by atoms with E-state index >= 15 is 0 Å². The molecule has 1 atom stereocenters. The van der Waals surface area contributed by atoms with Crippen LogP contribution >= 0.6 is 11.6 Å². The van der Waals surface area contributed by atoms with Gasteiger partial charge in [0.15, 0.2) is 0 Å². The molecule has 3 heterocycles. The van der Waals surface area contributed by atoms with Gasteiger partial charge < -0.3 is 19.9 Å². The SMILES string of the molecule is C[C@H]1CN(c2ncccc2Cl)CCN1C(=O)Nc1ccc(C2CCOCC2)cc1. The highest BCUT2D eigenvalue weighted by Gasteiger charge is 2.29. The van der Waals surface area contributed by atoms with E-state index in [1.165, 1.54) is 5.56 Å². The van der Waals surface area contributed by atoms with Gasteiger partial charge in [-0.3, -0.25) is 0 Å². The lowest BCUT2D eigenvalue weighted by Crippen LogP contribution is -2.55. The van der Waals surface area contributed by atoms with Crippen molar-refractivity contribution in [2.24, 2.45) is 0 Å². The molecule has 2 aromatic rings. The molecule has 0 aliphatic carbocycles. The highest BCUT2D eigenvalue weighted by Crippen LogP contribution is 2.28. The molecule has 6 nitrogen and oxygen atoms in total. The fraction of sp³-hybridized carbons (Fsp3) is 0.455. The Labute approximate surface area is 176 Å². The van der Waals surface area contributed by atoms with Gasteiger partial charge >= 0.3 is 6.03 Å². The standard InChI is InChI=1S/C22H27ClN4O2/c1-16-15-26(21-20(23)3-2-10-24-21)11-12-27(16)22(28)25-19-6-4-17(5-7-19)18-8-13-29-14-9-18/h2-7,10,16,18H,8-9,11-15H2,1H3,(H,25,28)/t16-/m0/s1. The normalized spacial score (nSPS) is 20.6. The summed E-state index contributed by atoms with van der Waals surface area (Å²) in [6.45, 7) is 5.74. The number of rotatable bonds is 3. The number of amides is 2. The number of urea groups is 1. The zero-order valence-corrected chi connectivity index (χ0v) is 17.4. The Morgan fingerprint density at radius 3 is 2.62 bits per heavy atom. The number of nitrogens with one attached hydrogen (secondary N) is 1. The molecular formula is C22H27ClN4O2. The molecule has 0 bridgehead atoms. The average Bonchev–Trinajstić information content (AvgIpc) is 2.75. The number of pyridine rings is 1. The maximum absolute atomic E-state index is 12.8. The minimum Gasteiger partial charge on any atom is -0.381 e. The maximum Gasteiger partial charge on any atom is 0.322 e. The predicted octanol–water partition coefficient (Wildman–Crippen LogP) is 4.37. The van der Waals surface area contributed by atoms with Crippen LogP contribution in [0, 0.1) is 0 Å². The van der Waals surface area contributed by atoms with Crippen LogP contribution in [-0.2, 0) is 4.74 Å². The van der Waals surface area contributed by atoms with E-state index in [4.69, 9.17) is 16.3 Å². The van der Waals surface area contributed by atoms with Crippen molar-refractivity contribution >= 4 is 29.1 Å². The first kappa shape index (κ1) is 20.0. The van der Waals surface area contributed by atoms with Crippen molar-refractivity contribution in [1.82, 2.24) is 9.88 Å². The third kappa shape index (κ3) is 4.65. The van der Waals surface area contributed by atoms with Crippen LogP contribution in [0.15, 0.2) is 42.6 Å². The molecule has 0 radical (unpaired) electrons. The molecule has 1 N–H and O–H groups in total. The lowest BCUT2D eigenvalue weighted by atomic mass is 9.92. The van der Waals surface area contributed by atoms with Crippen LogP contribution in [0.3, 0.4) is 0 Å². The number of piperazine rings is 1. The fourth-order valence-corrected chi connectivity index (χ4v) is 4.37. The van der Waals surface area contributed by atoms with Crippen LogP contribution in [0.1, 0.15) is 31.2 Å². The topological polar surface area (TPSA) is 57.7 Å². The molecule has 29 heavy (non-hydrogen) atoms. The van der Waals surface area contributed by atoms with Crippen LogP contribution in [-0.4, -0.2) is 54.8 Å². The van der Waals surface area contributed by atoms with Gasteiger partial charge in [-0.05, 0) is 55.5 Å². The fourth-order valence-electron chi connectivity index (χ4n) is 4.13. The molecule has 1 aromatic carbocycles. The molecule has 4 rings (SSSR count). The third-order valence-electron chi connectivity index (χ3n) is 5.78. The smallest absolute Gasteiger partial charge is 0.322 e. The van der Waals surface area contributed by atoms with E-state index in [9.17, 15) is 4.79 Å². The first-order valence-corrected chi connectivity index (χ1v) is 10.6. The number of hydrogen-bond acceptors (Lipinski definition) is 4. The van der Waals surface area contributed by atoms with Gasteiger partial charge in [0.05, 0.1) is 5.02 Å². The molecule has 0 unspecified atom stereocenters. The van der Waals surface area contributed by atoms with E-state index in [0.717, 1.165) is 37.6 Å². The minimum atomic E-state index is -0.0666. The van der Waals surface area contributed by atoms with Gasteiger partial charge in [-0.15, -0.1) is 0 Å². The van der Waals surface area contributed by atoms with Crippen LogP contribution in [0.2, 0.25) is 5.02 Å². The number of hydrogen-bond donors (Lipinski definition) is 1. The van der Waals surface area contributed by atoms with Gasteiger partial charge in [0, 0.05) is 50.8 Å². The Morgan fingerprint density at radius 1 is 1.17 bits per heavy atom. The number of carbonyl (C=O) groups is 1. The van der Waals surface area contributed by atoms with Gasteiger partial charge in [-0.25, -0.2) is 9.78 Å². The Bertz CT molecular complexity index is 839. The van der Waals surface area contributed by atoms with Crippen LogP contribution in [0.4, 0.5) is 16.3 Å². The Morgan fingerprint density at radius 2 is 1.93 bits per heavy atom. The summed E-state index contributed by atoms with van der Waals surface area (Å²) in [5.41, 5.74) is 2.15. The number of carbonyl (C=O) groups excluding carboxylic acids is 1. The van der Waals surface area contributed by atoms with E-state index in [-0.39, 0.29) is 12.1 Å². The molecule has 1 aromatic heterocycles. The largest absolute Gasteiger partial charge is 0.381 e. The maximum atomic E-state index is 12.8. The van der Waals surface area contributed by atoms with E-state index in [1.807, 2.05) is 29.2 Å². The average molecular weight is 415 g/mol. The molecule has 2 fully saturated rings. The molecule has 0 saturated carbocycles. The van der Waals surface area contributed by atoms with Crippen molar-refractivity contribution in [1.29, 1.82) is 0 Å². The van der Waals surface area contributed by atoms with Crippen molar-refractivity contribution < 1.29 is 9.53 Å². The van der Waals surface area contributed by atoms with E-state index < -0.39 is 0 Å². The van der Waals surface area contributed by atoms with Crippen molar-refractivity contribution in [2.45, 2.75) is 31.7 Å². The lowest BCUT2D eigenvalue weighted by Gasteiger charge is -2.40. The van der Waals surface area contributed by atoms with Crippen LogP contribution in [0.5, 0.6) is 0 Å². The van der Waals surface area contributed by atoms with Crippen molar-refractivity contribution in [3.05, 3.63) is 53.2 Å². The number of aromatic nitrogens is 1. The highest BCUT2D eigenvalue weighted by molar-refractivity contribution is 6.32. The second-order valence-corrected chi connectivity index (χ2v) is 8.14. The molecule has 2 amide bonds. The summed E-state index contributed by atoms with van der Waals surface area (Å²) in [4.78, 5) is 21.2. The zero-order valence-electron chi connectivity index (χ0n) is 16.7. The summed E-state index contributed by atoms with van der Waals surface area (Å²) in [5.74, 6) is 1.34. The summed E-state index contributed by atoms with van der Waals surface area (Å²) in [7, 11) is 0. The number of benzene rings is 1. The van der Waals surface area contributed by atoms with Gasteiger partial charge in [0.25, 0.3) is 0 Å². The Kier molecular flexibility index (Phi) is 6.21. The molecule has 2 saturated heterocycles. The molecule has 2 aliphatic rings. The second-order valence-electron chi connectivity index (χ2n) is 7.74. The summed E-state index contributed by atoms with van der Waals surface area (Å²) in [6.07, 6.45) is 3.87. The molecule has 7 heteroatoms. The highest BCUT2D eigenvalue weighted by atomic mass is 35.5. The first-order valence-electron chi connectivity index (χ1n) is 10.2. The number of anilines is 2. The summed E-state index contributed by atoms with van der Waals surface area (Å²) < 4.78 is 5.44. The van der Waals surface area contributed by atoms with Gasteiger partial charge in [0.1, 0.15) is 5.82 Å². The van der Waals surface area contributed by atoms with E-state index in [1.54, 1.807) is 6.20 Å². The minimum absolute atomic E-state index is 0.0586. The Balaban J connectivity index is 1.35. The number of nitrogens with zero attached hydrogens (tertiary/aromatic N) is 3. The molecule has 2 aliphatic heterocycles. The van der Waals surface area contributed by atoms with Gasteiger partial charge in [0.2, 0.25) is 0 Å². The monoisotopic (exact) mass is 414 g/mol. The van der Waals surface area contributed by atoms with Gasteiger partial charge in [-0.1, -0.05) is 23.7 Å². The summed E-state index contributed by atoms with van der Waals surface area (Å²) >= 11 is 6.28. The van der Waals surface area contributed by atoms with Crippen LogP contribution in [0.25, 0.3) is 0 Å². The van der Waals surface area contributed by atoms with Crippen molar-refractivity contribution in [2.75, 3.05) is 43.1 Å². The first-order chi connectivity index (χ1) is 14.1. The lowest BCUT2D eigenvalue weighted by molar-refractivity contribution is 0.0853. The van der Waals surface area contributed by atoms with E-state index in [2.05, 4.69) is 34.3 Å². The van der Waals surface area contributed by atoms with Crippen molar-refractivity contribution in [3.8, 4) is 0 Å². The summed E-state index contributed by atoms with van der Waals surface area (Å²) in [6, 6.07) is 11.9. The van der Waals surface area contributed by atoms with Crippen LogP contribution < -0.4 is 10.2 Å². The zero-order chi connectivity index (χ0) is 20.2. The van der Waals surface area contributed by atoms with E-state index in [0.29, 0.717) is 30.6 Å². The Hall–Kier alpha value is -2.31. The van der Waals surface area contributed by atoms with Crippen molar-refractivity contribution in [3.63, 3.8) is 0 Å². The summed E-state index contributed by atoms with van der Waals surface area (Å²) in [5, 5.41) is 3.68. The predicted molar refractivity (Wildman–Crippen MR) is 116 cm³/mol. The second kappa shape index (κ2) is 9.01. The molecule has 154 valence electrons. The third-order valence-corrected chi connectivity index (χ3v) is 6.08.